The predicted molar refractivity (Wildman–Crippen MR) is 98.2 cm³/mol. The summed E-state index contributed by atoms with van der Waals surface area (Å²) in [6.07, 6.45) is 1.48. The maximum atomic E-state index is 14.2. The van der Waals surface area contributed by atoms with E-state index in [1.54, 1.807) is 6.07 Å². The first-order valence-electron chi connectivity index (χ1n) is 8.38. The van der Waals surface area contributed by atoms with Gasteiger partial charge >= 0.3 is 0 Å². The van der Waals surface area contributed by atoms with Crippen molar-refractivity contribution in [1.29, 1.82) is 0 Å². The van der Waals surface area contributed by atoms with Crippen molar-refractivity contribution in [2.75, 3.05) is 18.5 Å². The van der Waals surface area contributed by atoms with Gasteiger partial charge in [0, 0.05) is 37.6 Å². The van der Waals surface area contributed by atoms with Crippen LogP contribution in [0.2, 0.25) is 5.02 Å². The molecular formula is C19H19ClFN3O. The third-order valence-electron chi connectivity index (χ3n) is 4.74. The van der Waals surface area contributed by atoms with E-state index in [0.29, 0.717) is 36.2 Å². The quantitative estimate of drug-likeness (QED) is 0.841. The van der Waals surface area contributed by atoms with E-state index in [1.165, 1.54) is 6.07 Å². The van der Waals surface area contributed by atoms with Crippen LogP contribution < -0.4 is 10.6 Å². The predicted octanol–water partition coefficient (Wildman–Crippen LogP) is 4.27. The molecule has 0 unspecified atom stereocenters. The molecule has 0 radical (unpaired) electrons. The lowest BCUT2D eigenvalue weighted by atomic mass is 9.86. The van der Waals surface area contributed by atoms with Crippen LogP contribution in [0.3, 0.4) is 0 Å². The second-order valence-electron chi connectivity index (χ2n) is 6.40. The molecule has 2 aliphatic rings. The number of anilines is 1. The molecule has 25 heavy (non-hydrogen) atoms. The molecule has 2 aromatic carbocycles. The third kappa shape index (κ3) is 3.22. The smallest absolute Gasteiger partial charge is 0.148 e. The summed E-state index contributed by atoms with van der Waals surface area (Å²) in [5.74, 6) is 0.551. The van der Waals surface area contributed by atoms with E-state index < -0.39 is 5.54 Å². The number of benzene rings is 2. The fourth-order valence-corrected chi connectivity index (χ4v) is 3.59. The molecule has 4 nitrogen and oxygen atoms in total. The number of aliphatic imine (C=N–C) groups is 1. The standard InChI is InChI=1S/C19H19ClFN3O/c20-14-4-1-3-13(11-14)12-22-18-19(7-9-25-10-8-19)24-17-15(21)5-2-6-16(17)23-18/h1-6,11,24H,7-10,12H2,(H,22,23). The summed E-state index contributed by atoms with van der Waals surface area (Å²) in [4.78, 5) is 4.74. The zero-order valence-electron chi connectivity index (χ0n) is 13.7. The number of fused-ring (bicyclic) bond motifs is 1. The van der Waals surface area contributed by atoms with Crippen molar-refractivity contribution >= 4 is 28.8 Å². The van der Waals surface area contributed by atoms with Gasteiger partial charge in [-0.3, -0.25) is 0 Å². The number of hydrogen-bond donors (Lipinski definition) is 2. The van der Waals surface area contributed by atoms with Crippen LogP contribution in [0, 0.1) is 5.82 Å². The van der Waals surface area contributed by atoms with Gasteiger partial charge < -0.3 is 15.4 Å². The molecule has 6 heteroatoms. The summed E-state index contributed by atoms with van der Waals surface area (Å²) >= 11 is 6.06. The van der Waals surface area contributed by atoms with Gasteiger partial charge in [0.1, 0.15) is 11.7 Å². The molecular weight excluding hydrogens is 341 g/mol. The summed E-state index contributed by atoms with van der Waals surface area (Å²) in [5, 5.41) is 7.55. The fraction of sp³-hybridized carbons (Fsp3) is 0.316. The minimum atomic E-state index is -0.425. The van der Waals surface area contributed by atoms with E-state index in [1.807, 2.05) is 30.3 Å². The number of halogens is 2. The monoisotopic (exact) mass is 359 g/mol. The summed E-state index contributed by atoms with van der Waals surface area (Å²) < 4.78 is 19.7. The molecule has 2 N–H and O–H groups in total. The summed E-state index contributed by atoms with van der Waals surface area (Å²) in [6, 6.07) is 12.7. The van der Waals surface area contributed by atoms with Gasteiger partial charge in [0.25, 0.3) is 0 Å². The molecule has 1 spiro atoms. The topological polar surface area (TPSA) is 45.6 Å². The van der Waals surface area contributed by atoms with Gasteiger partial charge in [0.2, 0.25) is 0 Å². The van der Waals surface area contributed by atoms with Gasteiger partial charge in [-0.2, -0.15) is 0 Å². The highest BCUT2D eigenvalue weighted by atomic mass is 35.5. The lowest BCUT2D eigenvalue weighted by Crippen LogP contribution is -2.56. The van der Waals surface area contributed by atoms with E-state index in [0.717, 1.165) is 24.2 Å². The number of rotatable bonds is 2. The molecule has 2 aliphatic heterocycles. The molecule has 0 bridgehead atoms. The van der Waals surface area contributed by atoms with Crippen molar-refractivity contribution in [3.8, 4) is 0 Å². The van der Waals surface area contributed by atoms with Crippen LogP contribution in [-0.4, -0.2) is 24.6 Å². The van der Waals surface area contributed by atoms with Crippen molar-refractivity contribution in [2.24, 2.45) is 4.99 Å². The average molecular weight is 360 g/mol. The Labute approximate surface area is 151 Å². The maximum Gasteiger partial charge on any atom is 0.148 e. The molecule has 0 amide bonds. The Kier molecular flexibility index (Phi) is 4.36. The highest BCUT2D eigenvalue weighted by Crippen LogP contribution is 2.39. The van der Waals surface area contributed by atoms with Gasteiger partial charge in [0.15, 0.2) is 0 Å². The van der Waals surface area contributed by atoms with Gasteiger partial charge in [-0.1, -0.05) is 29.8 Å². The Hall–Kier alpha value is -2.11. The highest BCUT2D eigenvalue weighted by Gasteiger charge is 2.41. The Morgan fingerprint density at radius 3 is 2.80 bits per heavy atom. The van der Waals surface area contributed by atoms with Crippen LogP contribution in [-0.2, 0) is 11.3 Å². The molecule has 130 valence electrons. The van der Waals surface area contributed by atoms with Crippen molar-refractivity contribution in [2.45, 2.75) is 24.9 Å². The van der Waals surface area contributed by atoms with Gasteiger partial charge in [-0.15, -0.1) is 0 Å². The molecule has 0 atom stereocenters. The van der Waals surface area contributed by atoms with E-state index in [2.05, 4.69) is 10.6 Å². The Bertz CT molecular complexity index is 818. The second-order valence-corrected chi connectivity index (χ2v) is 6.83. The summed E-state index contributed by atoms with van der Waals surface area (Å²) in [5.41, 5.74) is 1.73. The summed E-state index contributed by atoms with van der Waals surface area (Å²) in [7, 11) is 0. The average Bonchev–Trinajstić information content (AvgIpc) is 2.62. The van der Waals surface area contributed by atoms with Crippen molar-refractivity contribution < 1.29 is 9.13 Å². The molecule has 4 rings (SSSR count). The maximum absolute atomic E-state index is 14.2. The van der Waals surface area contributed by atoms with Gasteiger partial charge in [-0.25, -0.2) is 9.38 Å². The first kappa shape index (κ1) is 16.4. The van der Waals surface area contributed by atoms with Crippen LogP contribution in [0.1, 0.15) is 18.4 Å². The van der Waals surface area contributed by atoms with Gasteiger partial charge in [-0.05, 0) is 29.8 Å². The lowest BCUT2D eigenvalue weighted by molar-refractivity contribution is 0.0770. The normalized spacial score (nSPS) is 18.2. The van der Waals surface area contributed by atoms with Crippen molar-refractivity contribution in [1.82, 2.24) is 5.32 Å². The lowest BCUT2D eigenvalue weighted by Gasteiger charge is -2.42. The first-order valence-corrected chi connectivity index (χ1v) is 8.76. The zero-order chi connectivity index (χ0) is 17.3. The minimum Gasteiger partial charge on any atom is -0.381 e. The Morgan fingerprint density at radius 2 is 2.00 bits per heavy atom. The molecule has 2 aromatic rings. The summed E-state index contributed by atoms with van der Waals surface area (Å²) in [6.45, 7) is 1.84. The Morgan fingerprint density at radius 1 is 1.20 bits per heavy atom. The number of para-hydroxylation sites is 1. The largest absolute Gasteiger partial charge is 0.381 e. The molecule has 1 fully saturated rings. The van der Waals surface area contributed by atoms with E-state index in [4.69, 9.17) is 21.3 Å². The molecule has 0 aliphatic carbocycles. The minimum absolute atomic E-state index is 0.277. The van der Waals surface area contributed by atoms with E-state index in [9.17, 15) is 4.39 Å². The molecule has 0 saturated carbocycles. The fourth-order valence-electron chi connectivity index (χ4n) is 3.38. The molecule has 1 saturated heterocycles. The van der Waals surface area contributed by atoms with Crippen LogP contribution in [0.15, 0.2) is 47.5 Å². The third-order valence-corrected chi connectivity index (χ3v) is 4.97. The number of ether oxygens (including phenoxy) is 1. The van der Waals surface area contributed by atoms with Crippen LogP contribution >= 0.6 is 11.6 Å². The van der Waals surface area contributed by atoms with E-state index in [-0.39, 0.29) is 5.82 Å². The SMILES string of the molecule is Fc1cccc2c1NC1(CCOCC1)C(NCc1cccc(Cl)c1)=N2. The number of amidine groups is 1. The zero-order valence-corrected chi connectivity index (χ0v) is 14.4. The number of nitrogens with one attached hydrogen (secondary N) is 2. The van der Waals surface area contributed by atoms with Crippen LogP contribution in [0.5, 0.6) is 0 Å². The van der Waals surface area contributed by atoms with Crippen LogP contribution in [0.25, 0.3) is 0 Å². The first-order chi connectivity index (χ1) is 12.2. The number of hydrogen-bond acceptors (Lipinski definition) is 4. The van der Waals surface area contributed by atoms with Crippen molar-refractivity contribution in [3.63, 3.8) is 0 Å². The van der Waals surface area contributed by atoms with Gasteiger partial charge in [0.05, 0.1) is 16.9 Å². The second kappa shape index (κ2) is 6.65. The Balaban J connectivity index is 1.66. The number of nitrogens with zero attached hydrogens (tertiary/aromatic N) is 1. The van der Waals surface area contributed by atoms with Crippen molar-refractivity contribution in [3.05, 3.63) is 58.9 Å². The molecule has 2 heterocycles. The van der Waals surface area contributed by atoms with Crippen LogP contribution in [0.4, 0.5) is 15.8 Å². The molecule has 0 aromatic heterocycles. The van der Waals surface area contributed by atoms with E-state index >= 15 is 0 Å². The highest BCUT2D eigenvalue weighted by molar-refractivity contribution is 6.30.